The lowest BCUT2D eigenvalue weighted by Gasteiger charge is -2.31. The van der Waals surface area contributed by atoms with E-state index in [0.29, 0.717) is 12.2 Å². The zero-order valence-electron chi connectivity index (χ0n) is 17.5. The first-order chi connectivity index (χ1) is 14.3. The van der Waals surface area contributed by atoms with Gasteiger partial charge in [-0.2, -0.15) is 0 Å². The summed E-state index contributed by atoms with van der Waals surface area (Å²) in [6, 6.07) is 12.4. The van der Waals surface area contributed by atoms with Crippen LogP contribution in [0.5, 0.6) is 5.75 Å². The van der Waals surface area contributed by atoms with Gasteiger partial charge in [-0.05, 0) is 61.7 Å². The minimum Gasteiger partial charge on any atom is -0.484 e. The summed E-state index contributed by atoms with van der Waals surface area (Å²) in [4.78, 5) is 27.4. The molecule has 2 rings (SSSR count). The van der Waals surface area contributed by atoms with Crippen LogP contribution in [0.15, 0.2) is 53.0 Å². The molecular weight excluding hydrogens is 451 g/mol. The fourth-order valence-corrected chi connectivity index (χ4v) is 3.17. The van der Waals surface area contributed by atoms with Crippen molar-refractivity contribution in [3.05, 3.63) is 64.4 Å². The number of halogens is 2. The fraction of sp³-hybridized carbons (Fsp3) is 0.391. The van der Waals surface area contributed by atoms with E-state index in [9.17, 15) is 14.0 Å². The molecule has 5 nitrogen and oxygen atoms in total. The second kappa shape index (κ2) is 11.7. The van der Waals surface area contributed by atoms with Crippen LogP contribution in [0.1, 0.15) is 39.2 Å². The predicted octanol–water partition coefficient (Wildman–Crippen LogP) is 4.69. The summed E-state index contributed by atoms with van der Waals surface area (Å²) in [7, 11) is 0. The van der Waals surface area contributed by atoms with E-state index in [0.717, 1.165) is 16.5 Å². The van der Waals surface area contributed by atoms with Gasteiger partial charge in [0.15, 0.2) is 6.61 Å². The standard InChI is InChI=1S/C23H28BrFN2O3/c1-4-16(3)26-23(29)21(5-2)27(14-17-6-10-19(25)11-7-17)22(28)15-30-20-12-8-18(24)9-13-20/h6-13,16,21H,4-5,14-15H2,1-3H3,(H,26,29)/t16-,21-/m0/s1. The molecule has 0 saturated carbocycles. The van der Waals surface area contributed by atoms with Crippen LogP contribution >= 0.6 is 15.9 Å². The summed E-state index contributed by atoms with van der Waals surface area (Å²) in [5.41, 5.74) is 0.739. The molecule has 1 N–H and O–H groups in total. The van der Waals surface area contributed by atoms with Crippen molar-refractivity contribution < 1.29 is 18.7 Å². The zero-order valence-corrected chi connectivity index (χ0v) is 19.1. The number of ether oxygens (including phenoxy) is 1. The molecule has 2 atom stereocenters. The van der Waals surface area contributed by atoms with Gasteiger partial charge >= 0.3 is 0 Å². The number of hydrogen-bond donors (Lipinski definition) is 1. The van der Waals surface area contributed by atoms with Crippen LogP contribution in [0.25, 0.3) is 0 Å². The molecule has 0 aliphatic carbocycles. The van der Waals surface area contributed by atoms with E-state index in [1.54, 1.807) is 24.3 Å². The van der Waals surface area contributed by atoms with Gasteiger partial charge in [0.2, 0.25) is 5.91 Å². The highest BCUT2D eigenvalue weighted by Gasteiger charge is 2.29. The quantitative estimate of drug-likeness (QED) is 0.538. The van der Waals surface area contributed by atoms with Crippen LogP contribution in [0.2, 0.25) is 0 Å². The molecule has 7 heteroatoms. The second-order valence-corrected chi connectivity index (χ2v) is 8.05. The van der Waals surface area contributed by atoms with Crippen molar-refractivity contribution in [1.82, 2.24) is 10.2 Å². The molecule has 0 aliphatic heterocycles. The Bertz CT molecular complexity index is 827. The Hall–Kier alpha value is -2.41. The second-order valence-electron chi connectivity index (χ2n) is 7.13. The van der Waals surface area contributed by atoms with Crippen molar-refractivity contribution in [2.24, 2.45) is 0 Å². The Morgan fingerprint density at radius 2 is 1.70 bits per heavy atom. The number of carbonyl (C=O) groups is 2. The predicted molar refractivity (Wildman–Crippen MR) is 119 cm³/mol. The zero-order chi connectivity index (χ0) is 22.1. The first-order valence-electron chi connectivity index (χ1n) is 10.1. The van der Waals surface area contributed by atoms with Gasteiger partial charge in [-0.1, -0.05) is 41.9 Å². The number of rotatable bonds is 10. The average molecular weight is 479 g/mol. The Kier molecular flexibility index (Phi) is 9.30. The van der Waals surface area contributed by atoms with Crippen LogP contribution in [0.3, 0.4) is 0 Å². The van der Waals surface area contributed by atoms with Gasteiger partial charge in [0, 0.05) is 17.1 Å². The lowest BCUT2D eigenvalue weighted by atomic mass is 10.1. The molecule has 0 unspecified atom stereocenters. The van der Waals surface area contributed by atoms with E-state index in [1.165, 1.54) is 17.0 Å². The number of nitrogens with one attached hydrogen (secondary N) is 1. The summed E-state index contributed by atoms with van der Waals surface area (Å²) in [6.45, 7) is 5.76. The van der Waals surface area contributed by atoms with Crippen molar-refractivity contribution in [3.8, 4) is 5.75 Å². The maximum Gasteiger partial charge on any atom is 0.261 e. The van der Waals surface area contributed by atoms with Gasteiger partial charge in [0.25, 0.3) is 5.91 Å². The summed E-state index contributed by atoms with van der Waals surface area (Å²) in [5, 5.41) is 2.95. The molecule has 0 aromatic heterocycles. The monoisotopic (exact) mass is 478 g/mol. The van der Waals surface area contributed by atoms with E-state index in [-0.39, 0.29) is 36.8 Å². The molecule has 0 spiro atoms. The molecule has 0 heterocycles. The molecular formula is C23H28BrFN2O3. The lowest BCUT2D eigenvalue weighted by Crippen LogP contribution is -2.51. The molecule has 0 bridgehead atoms. The van der Waals surface area contributed by atoms with Gasteiger partial charge in [0.1, 0.15) is 17.6 Å². The Morgan fingerprint density at radius 3 is 2.27 bits per heavy atom. The first kappa shape index (κ1) is 23.9. The number of hydrogen-bond acceptors (Lipinski definition) is 3. The average Bonchev–Trinajstić information content (AvgIpc) is 2.74. The van der Waals surface area contributed by atoms with Gasteiger partial charge < -0.3 is 15.0 Å². The van der Waals surface area contributed by atoms with Crippen LogP contribution in [-0.4, -0.2) is 35.4 Å². The maximum absolute atomic E-state index is 13.3. The molecule has 2 aromatic rings. The molecule has 0 aliphatic rings. The molecule has 2 amide bonds. The third kappa shape index (κ3) is 7.13. The van der Waals surface area contributed by atoms with Crippen LogP contribution in [0, 0.1) is 5.82 Å². The summed E-state index contributed by atoms with van der Waals surface area (Å²) >= 11 is 3.36. The Balaban J connectivity index is 2.19. The van der Waals surface area contributed by atoms with Crippen molar-refractivity contribution in [2.45, 2.75) is 52.2 Å². The largest absolute Gasteiger partial charge is 0.484 e. The topological polar surface area (TPSA) is 58.6 Å². The smallest absolute Gasteiger partial charge is 0.261 e. The van der Waals surface area contributed by atoms with E-state index >= 15 is 0 Å². The van der Waals surface area contributed by atoms with Crippen molar-refractivity contribution in [3.63, 3.8) is 0 Å². The number of nitrogens with zero attached hydrogens (tertiary/aromatic N) is 1. The lowest BCUT2D eigenvalue weighted by molar-refractivity contribution is -0.143. The van der Waals surface area contributed by atoms with Crippen LogP contribution < -0.4 is 10.1 Å². The minimum atomic E-state index is -0.648. The minimum absolute atomic E-state index is 0.00772. The summed E-state index contributed by atoms with van der Waals surface area (Å²) < 4.78 is 19.8. The highest BCUT2D eigenvalue weighted by atomic mass is 79.9. The highest BCUT2D eigenvalue weighted by molar-refractivity contribution is 9.10. The highest BCUT2D eigenvalue weighted by Crippen LogP contribution is 2.18. The summed E-state index contributed by atoms with van der Waals surface area (Å²) in [6.07, 6.45) is 1.24. The SMILES string of the molecule is CC[C@H](C)NC(=O)[C@H](CC)N(Cc1ccc(F)cc1)C(=O)COc1ccc(Br)cc1. The maximum atomic E-state index is 13.3. The van der Waals surface area contributed by atoms with Gasteiger partial charge in [-0.3, -0.25) is 9.59 Å². The van der Waals surface area contributed by atoms with E-state index in [2.05, 4.69) is 21.2 Å². The first-order valence-corrected chi connectivity index (χ1v) is 10.9. The molecule has 2 aromatic carbocycles. The Labute approximate surface area is 185 Å². The van der Waals surface area contributed by atoms with E-state index in [1.807, 2.05) is 32.9 Å². The molecule has 162 valence electrons. The molecule has 0 radical (unpaired) electrons. The van der Waals surface area contributed by atoms with Crippen molar-refractivity contribution in [1.29, 1.82) is 0 Å². The van der Waals surface area contributed by atoms with Crippen LogP contribution in [0.4, 0.5) is 4.39 Å². The number of carbonyl (C=O) groups excluding carboxylic acids is 2. The number of amides is 2. The van der Waals surface area contributed by atoms with Crippen LogP contribution in [-0.2, 0) is 16.1 Å². The van der Waals surface area contributed by atoms with Crippen molar-refractivity contribution >= 4 is 27.7 Å². The normalized spacial score (nSPS) is 12.7. The van der Waals surface area contributed by atoms with E-state index in [4.69, 9.17) is 4.74 Å². The van der Waals surface area contributed by atoms with Crippen molar-refractivity contribution in [2.75, 3.05) is 6.61 Å². The number of benzene rings is 2. The van der Waals surface area contributed by atoms with E-state index < -0.39 is 6.04 Å². The van der Waals surface area contributed by atoms with Gasteiger partial charge in [-0.15, -0.1) is 0 Å². The molecule has 0 fully saturated rings. The van der Waals surface area contributed by atoms with Gasteiger partial charge in [0.05, 0.1) is 0 Å². The molecule has 30 heavy (non-hydrogen) atoms. The van der Waals surface area contributed by atoms with Gasteiger partial charge in [-0.25, -0.2) is 4.39 Å². The third-order valence-electron chi connectivity index (χ3n) is 4.83. The Morgan fingerprint density at radius 1 is 1.07 bits per heavy atom. The molecule has 0 saturated heterocycles. The fourth-order valence-electron chi connectivity index (χ4n) is 2.91. The third-order valence-corrected chi connectivity index (χ3v) is 5.36. The summed E-state index contributed by atoms with van der Waals surface area (Å²) in [5.74, 6) is -0.304.